The number of hydrogen-bond acceptors (Lipinski definition) is 3. The lowest BCUT2D eigenvalue weighted by molar-refractivity contribution is 0.445. The van der Waals surface area contributed by atoms with Gasteiger partial charge in [-0.3, -0.25) is 0 Å². The van der Waals surface area contributed by atoms with Gasteiger partial charge in [0.2, 0.25) is 10.0 Å². The van der Waals surface area contributed by atoms with Crippen LogP contribution in [0.15, 0.2) is 29.2 Å². The van der Waals surface area contributed by atoms with Gasteiger partial charge in [0.05, 0.1) is 11.4 Å². The maximum atomic E-state index is 12.6. The number of sulfonamides is 1. The molecule has 0 spiro atoms. The fourth-order valence-corrected chi connectivity index (χ4v) is 3.53. The van der Waals surface area contributed by atoms with E-state index in [4.69, 9.17) is 6.42 Å². The van der Waals surface area contributed by atoms with Gasteiger partial charge >= 0.3 is 0 Å². The van der Waals surface area contributed by atoms with Crippen LogP contribution in [0.1, 0.15) is 18.9 Å². The predicted octanol–water partition coefficient (Wildman–Crippen LogP) is 1.44. The minimum absolute atomic E-state index is 0.101. The summed E-state index contributed by atoms with van der Waals surface area (Å²) in [6.07, 6.45) is 5.99. The minimum Gasteiger partial charge on any atom is -0.316 e. The van der Waals surface area contributed by atoms with Crippen LogP contribution in [0.4, 0.5) is 0 Å². The zero-order chi connectivity index (χ0) is 14.3. The second kappa shape index (κ2) is 7.29. The number of terminal acetylenes is 1. The van der Waals surface area contributed by atoms with E-state index < -0.39 is 10.0 Å². The van der Waals surface area contributed by atoms with Gasteiger partial charge < -0.3 is 5.32 Å². The molecule has 0 radical (unpaired) electrons. The first kappa shape index (κ1) is 15.7. The Morgan fingerprint density at radius 1 is 1.37 bits per heavy atom. The van der Waals surface area contributed by atoms with Gasteiger partial charge in [-0.05, 0) is 25.1 Å². The van der Waals surface area contributed by atoms with E-state index in [1.54, 1.807) is 19.2 Å². The molecule has 1 aromatic rings. The summed E-state index contributed by atoms with van der Waals surface area (Å²) in [6, 6.07) is 6.99. The summed E-state index contributed by atoms with van der Waals surface area (Å²) in [7, 11) is -1.74. The fraction of sp³-hybridized carbons (Fsp3) is 0.429. The van der Waals surface area contributed by atoms with Crippen LogP contribution in [0.5, 0.6) is 0 Å². The summed E-state index contributed by atoms with van der Waals surface area (Å²) in [4.78, 5) is 0.327. The van der Waals surface area contributed by atoms with E-state index >= 15 is 0 Å². The lowest BCUT2D eigenvalue weighted by Gasteiger charge is -2.21. The van der Waals surface area contributed by atoms with Gasteiger partial charge in [0.25, 0.3) is 0 Å². The van der Waals surface area contributed by atoms with Gasteiger partial charge in [-0.25, -0.2) is 8.42 Å². The summed E-state index contributed by atoms with van der Waals surface area (Å²) in [5.74, 6) is 2.41. The normalized spacial score (nSPS) is 11.5. The molecule has 0 aromatic heterocycles. The summed E-state index contributed by atoms with van der Waals surface area (Å²) in [6.45, 7) is 2.97. The van der Waals surface area contributed by atoms with Crippen molar-refractivity contribution < 1.29 is 8.42 Å². The van der Waals surface area contributed by atoms with Crippen LogP contribution in [0.2, 0.25) is 0 Å². The number of rotatable bonds is 7. The highest BCUT2D eigenvalue weighted by Crippen LogP contribution is 2.20. The molecule has 5 heteroatoms. The van der Waals surface area contributed by atoms with Gasteiger partial charge in [0.15, 0.2) is 0 Å². The second-order valence-electron chi connectivity index (χ2n) is 4.18. The Kier molecular flexibility index (Phi) is 6.03. The molecule has 0 aliphatic rings. The number of nitrogens with zero attached hydrogens (tertiary/aromatic N) is 1. The molecule has 0 unspecified atom stereocenters. The van der Waals surface area contributed by atoms with Crippen molar-refractivity contribution in [3.05, 3.63) is 29.8 Å². The van der Waals surface area contributed by atoms with Crippen molar-refractivity contribution in [2.24, 2.45) is 0 Å². The molecule has 0 saturated carbocycles. The summed E-state index contributed by atoms with van der Waals surface area (Å²) >= 11 is 0. The summed E-state index contributed by atoms with van der Waals surface area (Å²) in [5, 5.41) is 2.98. The van der Waals surface area contributed by atoms with E-state index in [-0.39, 0.29) is 6.54 Å². The molecular weight excluding hydrogens is 260 g/mol. The highest BCUT2D eigenvalue weighted by molar-refractivity contribution is 7.89. The first-order valence-electron chi connectivity index (χ1n) is 6.24. The highest BCUT2D eigenvalue weighted by Gasteiger charge is 2.25. The van der Waals surface area contributed by atoms with Gasteiger partial charge in [0, 0.05) is 13.1 Å². The van der Waals surface area contributed by atoms with Crippen molar-refractivity contribution in [2.75, 3.05) is 20.1 Å². The average molecular weight is 280 g/mol. The lowest BCUT2D eigenvalue weighted by Crippen LogP contribution is -2.33. The molecule has 0 aliphatic carbocycles. The summed E-state index contributed by atoms with van der Waals surface area (Å²) in [5.41, 5.74) is 0.753. The lowest BCUT2D eigenvalue weighted by atomic mass is 10.2. The second-order valence-corrected chi connectivity index (χ2v) is 6.09. The Morgan fingerprint density at radius 2 is 2.05 bits per heavy atom. The van der Waals surface area contributed by atoms with Gasteiger partial charge in [-0.15, -0.1) is 6.42 Å². The Morgan fingerprint density at radius 3 is 2.63 bits per heavy atom. The van der Waals surface area contributed by atoms with Crippen LogP contribution in [-0.4, -0.2) is 32.9 Å². The molecule has 0 bridgehead atoms. The van der Waals surface area contributed by atoms with E-state index in [2.05, 4.69) is 11.2 Å². The zero-order valence-electron chi connectivity index (χ0n) is 11.4. The van der Waals surface area contributed by atoms with E-state index in [0.717, 1.165) is 12.0 Å². The monoisotopic (exact) mass is 280 g/mol. The van der Waals surface area contributed by atoms with E-state index in [0.29, 0.717) is 18.0 Å². The Hall–Kier alpha value is -1.35. The third-order valence-corrected chi connectivity index (χ3v) is 4.64. The molecule has 0 fully saturated rings. The molecule has 104 valence electrons. The van der Waals surface area contributed by atoms with Crippen molar-refractivity contribution in [3.8, 4) is 12.3 Å². The first-order chi connectivity index (χ1) is 9.07. The van der Waals surface area contributed by atoms with Crippen LogP contribution >= 0.6 is 0 Å². The van der Waals surface area contributed by atoms with Crippen molar-refractivity contribution in [1.82, 2.24) is 9.62 Å². The molecule has 0 amide bonds. The van der Waals surface area contributed by atoms with Gasteiger partial charge in [-0.1, -0.05) is 31.0 Å². The van der Waals surface area contributed by atoms with Crippen LogP contribution < -0.4 is 5.32 Å². The highest BCUT2D eigenvalue weighted by atomic mass is 32.2. The van der Waals surface area contributed by atoms with Crippen molar-refractivity contribution in [3.63, 3.8) is 0 Å². The first-order valence-corrected chi connectivity index (χ1v) is 7.68. The van der Waals surface area contributed by atoms with E-state index in [9.17, 15) is 8.42 Å². The van der Waals surface area contributed by atoms with E-state index in [1.807, 2.05) is 19.1 Å². The quantitative estimate of drug-likeness (QED) is 0.769. The molecule has 0 heterocycles. The maximum absolute atomic E-state index is 12.6. The Labute approximate surface area is 115 Å². The zero-order valence-corrected chi connectivity index (χ0v) is 12.2. The molecule has 4 nitrogen and oxygen atoms in total. The van der Waals surface area contributed by atoms with Crippen molar-refractivity contribution >= 4 is 10.0 Å². The molecule has 0 aliphatic heterocycles. The smallest absolute Gasteiger partial charge is 0.244 e. The van der Waals surface area contributed by atoms with E-state index in [1.165, 1.54) is 4.31 Å². The SMILES string of the molecule is C#CCN(CCC)S(=O)(=O)c1ccccc1CNC. The molecule has 19 heavy (non-hydrogen) atoms. The molecule has 1 N–H and O–H groups in total. The van der Waals surface area contributed by atoms with Crippen molar-refractivity contribution in [1.29, 1.82) is 0 Å². The van der Waals surface area contributed by atoms with Gasteiger partial charge in [-0.2, -0.15) is 4.31 Å². The number of benzene rings is 1. The summed E-state index contributed by atoms with van der Waals surface area (Å²) < 4.78 is 26.6. The molecule has 1 rings (SSSR count). The fourth-order valence-electron chi connectivity index (χ4n) is 1.87. The third kappa shape index (κ3) is 3.80. The van der Waals surface area contributed by atoms with Crippen LogP contribution in [0, 0.1) is 12.3 Å². The van der Waals surface area contributed by atoms with Crippen LogP contribution in [0.3, 0.4) is 0 Å². The Bertz CT molecular complexity index is 547. The largest absolute Gasteiger partial charge is 0.316 e. The standard InChI is InChI=1S/C14H20N2O2S/c1-4-10-16(11-5-2)19(17,18)14-9-7-6-8-13(14)12-15-3/h1,6-9,15H,5,10-12H2,2-3H3. The third-order valence-electron chi connectivity index (χ3n) is 2.70. The molecular formula is C14H20N2O2S. The van der Waals surface area contributed by atoms with Gasteiger partial charge in [0.1, 0.15) is 0 Å². The molecule has 0 atom stereocenters. The maximum Gasteiger partial charge on any atom is 0.244 e. The molecule has 0 saturated heterocycles. The minimum atomic E-state index is -3.53. The molecule has 1 aromatic carbocycles. The van der Waals surface area contributed by atoms with Crippen LogP contribution in [0.25, 0.3) is 0 Å². The number of hydrogen-bond donors (Lipinski definition) is 1. The Balaban J connectivity index is 3.21. The van der Waals surface area contributed by atoms with Crippen LogP contribution in [-0.2, 0) is 16.6 Å². The topological polar surface area (TPSA) is 49.4 Å². The average Bonchev–Trinajstić information content (AvgIpc) is 2.39. The number of nitrogens with one attached hydrogen (secondary N) is 1. The predicted molar refractivity (Wildman–Crippen MR) is 77.1 cm³/mol. The van der Waals surface area contributed by atoms with Crippen molar-refractivity contribution in [2.45, 2.75) is 24.8 Å².